The van der Waals surface area contributed by atoms with Crippen LogP contribution in [0.4, 0.5) is 0 Å². The number of carbonyl (C=O) groups is 1. The standard InChI is InChI=1S/C13H19NO3/c1-9-4-5-10(2)12(8-9)17-7-6-11(14-3)13(15)16/h4-5,8,11,14H,6-7H2,1-3H3,(H,15,16). The molecular formula is C13H19NO3. The molecule has 1 unspecified atom stereocenters. The summed E-state index contributed by atoms with van der Waals surface area (Å²) >= 11 is 0. The van der Waals surface area contributed by atoms with Gasteiger partial charge in [0.1, 0.15) is 11.8 Å². The van der Waals surface area contributed by atoms with Gasteiger partial charge in [0.05, 0.1) is 6.61 Å². The van der Waals surface area contributed by atoms with Gasteiger partial charge in [0, 0.05) is 6.42 Å². The number of hydrogen-bond donors (Lipinski definition) is 2. The summed E-state index contributed by atoms with van der Waals surface area (Å²) < 4.78 is 5.60. The van der Waals surface area contributed by atoms with Gasteiger partial charge in [0.25, 0.3) is 0 Å². The molecule has 1 aromatic carbocycles. The van der Waals surface area contributed by atoms with Gasteiger partial charge in [0.2, 0.25) is 0 Å². The highest BCUT2D eigenvalue weighted by Crippen LogP contribution is 2.19. The lowest BCUT2D eigenvalue weighted by molar-refractivity contribution is -0.139. The van der Waals surface area contributed by atoms with Gasteiger partial charge >= 0.3 is 5.97 Å². The fourth-order valence-electron chi connectivity index (χ4n) is 1.54. The number of ether oxygens (including phenoxy) is 1. The van der Waals surface area contributed by atoms with E-state index in [0.29, 0.717) is 13.0 Å². The molecule has 0 aromatic heterocycles. The highest BCUT2D eigenvalue weighted by Gasteiger charge is 2.14. The van der Waals surface area contributed by atoms with Crippen LogP contribution < -0.4 is 10.1 Å². The van der Waals surface area contributed by atoms with Crippen LogP contribution in [0, 0.1) is 13.8 Å². The fourth-order valence-corrected chi connectivity index (χ4v) is 1.54. The van der Waals surface area contributed by atoms with Gasteiger partial charge in [0.15, 0.2) is 0 Å². The third kappa shape index (κ3) is 4.07. The Morgan fingerprint density at radius 2 is 2.18 bits per heavy atom. The minimum absolute atomic E-state index is 0.391. The zero-order chi connectivity index (χ0) is 12.8. The van der Waals surface area contributed by atoms with Crippen LogP contribution in [0.15, 0.2) is 18.2 Å². The number of nitrogens with one attached hydrogen (secondary N) is 1. The molecule has 4 heteroatoms. The maximum atomic E-state index is 10.8. The lowest BCUT2D eigenvalue weighted by Crippen LogP contribution is -2.35. The van der Waals surface area contributed by atoms with Gasteiger partial charge in [-0.15, -0.1) is 0 Å². The van der Waals surface area contributed by atoms with Crippen LogP contribution in [0.2, 0.25) is 0 Å². The van der Waals surface area contributed by atoms with Gasteiger partial charge in [-0.05, 0) is 38.1 Å². The fraction of sp³-hybridized carbons (Fsp3) is 0.462. The summed E-state index contributed by atoms with van der Waals surface area (Å²) in [6.45, 7) is 4.36. The van der Waals surface area contributed by atoms with Gasteiger partial charge in [-0.3, -0.25) is 4.79 Å². The second kappa shape index (κ2) is 6.25. The van der Waals surface area contributed by atoms with E-state index < -0.39 is 12.0 Å². The minimum Gasteiger partial charge on any atom is -0.493 e. The van der Waals surface area contributed by atoms with Crippen molar-refractivity contribution in [2.75, 3.05) is 13.7 Å². The van der Waals surface area contributed by atoms with Crippen LogP contribution in [0.5, 0.6) is 5.75 Å². The molecular weight excluding hydrogens is 218 g/mol. The quantitative estimate of drug-likeness (QED) is 0.791. The molecule has 0 fully saturated rings. The molecule has 0 spiro atoms. The van der Waals surface area contributed by atoms with E-state index in [9.17, 15) is 4.79 Å². The Labute approximate surface area is 102 Å². The number of carboxylic acid groups (broad SMARTS) is 1. The SMILES string of the molecule is CNC(CCOc1cc(C)ccc1C)C(=O)O. The van der Waals surface area contributed by atoms with Gasteiger partial charge in [-0.25, -0.2) is 0 Å². The maximum Gasteiger partial charge on any atom is 0.320 e. The third-order valence-corrected chi connectivity index (χ3v) is 2.65. The highest BCUT2D eigenvalue weighted by atomic mass is 16.5. The molecule has 0 radical (unpaired) electrons. The topological polar surface area (TPSA) is 58.6 Å². The molecule has 0 saturated carbocycles. The molecule has 0 saturated heterocycles. The third-order valence-electron chi connectivity index (χ3n) is 2.65. The zero-order valence-electron chi connectivity index (χ0n) is 10.5. The molecule has 4 nitrogen and oxygen atoms in total. The Hall–Kier alpha value is -1.55. The average Bonchev–Trinajstić information content (AvgIpc) is 2.28. The van der Waals surface area contributed by atoms with Crippen molar-refractivity contribution in [1.29, 1.82) is 0 Å². The Kier molecular flexibility index (Phi) is 4.97. The largest absolute Gasteiger partial charge is 0.493 e. The van der Waals surface area contributed by atoms with E-state index in [4.69, 9.17) is 9.84 Å². The van der Waals surface area contributed by atoms with Crippen molar-refractivity contribution in [1.82, 2.24) is 5.32 Å². The monoisotopic (exact) mass is 237 g/mol. The van der Waals surface area contributed by atoms with Crippen LogP contribution in [0.3, 0.4) is 0 Å². The Bertz CT molecular complexity index is 390. The molecule has 94 valence electrons. The molecule has 1 rings (SSSR count). The molecule has 0 bridgehead atoms. The number of benzene rings is 1. The van der Waals surface area contributed by atoms with Crippen molar-refractivity contribution in [2.45, 2.75) is 26.3 Å². The Balaban J connectivity index is 2.50. The van der Waals surface area contributed by atoms with Crippen LogP contribution in [0.25, 0.3) is 0 Å². The first kappa shape index (κ1) is 13.5. The predicted molar refractivity (Wildman–Crippen MR) is 66.5 cm³/mol. The minimum atomic E-state index is -0.850. The van der Waals surface area contributed by atoms with Crippen molar-refractivity contribution < 1.29 is 14.6 Å². The highest BCUT2D eigenvalue weighted by molar-refractivity contribution is 5.73. The number of likely N-dealkylation sites (N-methyl/N-ethyl adjacent to an activating group) is 1. The second-order valence-corrected chi connectivity index (χ2v) is 4.09. The van der Waals surface area contributed by atoms with Crippen molar-refractivity contribution in [2.24, 2.45) is 0 Å². The van der Waals surface area contributed by atoms with Crippen LogP contribution in [-0.4, -0.2) is 30.8 Å². The van der Waals surface area contributed by atoms with Gasteiger partial charge < -0.3 is 15.2 Å². The molecule has 0 amide bonds. The number of aliphatic carboxylic acids is 1. The Morgan fingerprint density at radius 1 is 1.47 bits per heavy atom. The summed E-state index contributed by atoms with van der Waals surface area (Å²) in [6.07, 6.45) is 0.444. The lowest BCUT2D eigenvalue weighted by atomic mass is 10.1. The van der Waals surface area contributed by atoms with E-state index in [-0.39, 0.29) is 0 Å². The number of rotatable bonds is 6. The zero-order valence-corrected chi connectivity index (χ0v) is 10.5. The summed E-state index contributed by atoms with van der Waals surface area (Å²) in [5.41, 5.74) is 2.20. The second-order valence-electron chi connectivity index (χ2n) is 4.09. The van der Waals surface area contributed by atoms with Gasteiger partial charge in [-0.1, -0.05) is 12.1 Å². The lowest BCUT2D eigenvalue weighted by Gasteiger charge is -2.13. The van der Waals surface area contributed by atoms with E-state index in [2.05, 4.69) is 5.32 Å². The van der Waals surface area contributed by atoms with Crippen LogP contribution >= 0.6 is 0 Å². The summed E-state index contributed by atoms with van der Waals surface area (Å²) in [4.78, 5) is 10.8. The predicted octanol–water partition coefficient (Wildman–Crippen LogP) is 1.74. The summed E-state index contributed by atoms with van der Waals surface area (Å²) in [7, 11) is 1.64. The summed E-state index contributed by atoms with van der Waals surface area (Å²) in [5, 5.41) is 11.6. The number of hydrogen-bond acceptors (Lipinski definition) is 3. The number of aryl methyl sites for hydroxylation is 2. The van der Waals surface area contributed by atoms with Crippen LogP contribution in [-0.2, 0) is 4.79 Å². The first-order valence-electron chi connectivity index (χ1n) is 5.64. The molecule has 0 aliphatic rings. The molecule has 0 aliphatic carbocycles. The first-order valence-corrected chi connectivity index (χ1v) is 5.64. The first-order chi connectivity index (χ1) is 8.04. The molecule has 17 heavy (non-hydrogen) atoms. The van der Waals surface area contributed by atoms with Crippen molar-refractivity contribution in [3.63, 3.8) is 0 Å². The smallest absolute Gasteiger partial charge is 0.320 e. The average molecular weight is 237 g/mol. The maximum absolute atomic E-state index is 10.8. The van der Waals surface area contributed by atoms with E-state index in [1.807, 2.05) is 32.0 Å². The summed E-state index contributed by atoms with van der Waals surface area (Å²) in [5.74, 6) is -0.0256. The van der Waals surface area contributed by atoms with Crippen LogP contribution in [0.1, 0.15) is 17.5 Å². The Morgan fingerprint density at radius 3 is 2.76 bits per heavy atom. The van der Waals surface area contributed by atoms with Crippen molar-refractivity contribution >= 4 is 5.97 Å². The van der Waals surface area contributed by atoms with Gasteiger partial charge in [-0.2, -0.15) is 0 Å². The van der Waals surface area contributed by atoms with Crippen molar-refractivity contribution in [3.05, 3.63) is 29.3 Å². The van der Waals surface area contributed by atoms with E-state index in [1.54, 1.807) is 7.05 Å². The molecule has 0 heterocycles. The molecule has 1 atom stereocenters. The van der Waals surface area contributed by atoms with E-state index in [0.717, 1.165) is 16.9 Å². The normalized spacial score (nSPS) is 12.2. The summed E-state index contributed by atoms with van der Waals surface area (Å²) in [6, 6.07) is 5.43. The van der Waals surface area contributed by atoms with E-state index >= 15 is 0 Å². The van der Waals surface area contributed by atoms with Crippen molar-refractivity contribution in [3.8, 4) is 5.75 Å². The molecule has 2 N–H and O–H groups in total. The number of carboxylic acids is 1. The molecule has 1 aromatic rings. The van der Waals surface area contributed by atoms with E-state index in [1.165, 1.54) is 0 Å². The molecule has 0 aliphatic heterocycles.